The number of fused-ring (bicyclic) bond motifs is 1. The Morgan fingerprint density at radius 1 is 1.10 bits per heavy atom. The topological polar surface area (TPSA) is 153 Å². The molecule has 2 atom stereocenters. The van der Waals surface area contributed by atoms with Crippen molar-refractivity contribution in [3.8, 4) is 0 Å². The standard InChI is InChI=1S/C27H31N3O8S2/c1-19-24(27(31)38-13-12-29(2)17-20-8-4-3-5-9-20)25(21-10-6-11-22(16-21)30(32)33)26-23(28-19)18-39(34,35)14-7-15-40(26,36)37/h3-6,8-11,16,25-26H,7,12-15,17-18H2,1-2H3. The number of carbonyl (C=O) groups is 1. The highest BCUT2D eigenvalue weighted by Crippen LogP contribution is 2.41. The summed E-state index contributed by atoms with van der Waals surface area (Å²) in [6.07, 6.45) is -0.0909. The van der Waals surface area contributed by atoms with E-state index in [1.54, 1.807) is 0 Å². The Hall–Kier alpha value is -3.42. The third kappa shape index (κ3) is 6.83. The first kappa shape index (κ1) is 29.6. The zero-order valence-electron chi connectivity index (χ0n) is 22.2. The number of ether oxygens (including phenoxy) is 1. The van der Waals surface area contributed by atoms with Crippen molar-refractivity contribution < 1.29 is 31.3 Å². The Balaban J connectivity index is 1.69. The summed E-state index contributed by atoms with van der Waals surface area (Å²) in [4.78, 5) is 30.7. The Bertz CT molecular complexity index is 1570. The molecule has 214 valence electrons. The van der Waals surface area contributed by atoms with Crippen LogP contribution in [0.25, 0.3) is 0 Å². The Kier molecular flexibility index (Phi) is 8.86. The van der Waals surface area contributed by atoms with E-state index in [9.17, 15) is 31.7 Å². The van der Waals surface area contributed by atoms with Gasteiger partial charge in [0.25, 0.3) is 5.69 Å². The summed E-state index contributed by atoms with van der Waals surface area (Å²) in [6, 6.07) is 15.1. The third-order valence-corrected chi connectivity index (χ3v) is 10.8. The van der Waals surface area contributed by atoms with Gasteiger partial charge in [0.1, 0.15) is 11.9 Å². The lowest BCUT2D eigenvalue weighted by molar-refractivity contribution is -0.384. The highest BCUT2D eigenvalue weighted by atomic mass is 32.2. The van der Waals surface area contributed by atoms with Gasteiger partial charge in [-0.2, -0.15) is 0 Å². The van der Waals surface area contributed by atoms with Crippen LogP contribution in [0.5, 0.6) is 0 Å². The largest absolute Gasteiger partial charge is 0.461 e. The summed E-state index contributed by atoms with van der Waals surface area (Å²) >= 11 is 0. The molecule has 2 heterocycles. The van der Waals surface area contributed by atoms with E-state index < -0.39 is 53.2 Å². The first-order valence-electron chi connectivity index (χ1n) is 12.7. The number of esters is 1. The van der Waals surface area contributed by atoms with Gasteiger partial charge in [-0.15, -0.1) is 0 Å². The maximum absolute atomic E-state index is 13.6. The second-order valence-corrected chi connectivity index (χ2v) is 14.5. The quantitative estimate of drug-likeness (QED) is 0.257. The minimum atomic E-state index is -4.00. The van der Waals surface area contributed by atoms with Crippen LogP contribution in [-0.4, -0.2) is 81.0 Å². The molecule has 2 aromatic carbocycles. The van der Waals surface area contributed by atoms with Crippen LogP contribution in [0, 0.1) is 10.1 Å². The van der Waals surface area contributed by atoms with Gasteiger partial charge in [0.2, 0.25) is 0 Å². The van der Waals surface area contributed by atoms with Crippen molar-refractivity contribution in [1.29, 1.82) is 0 Å². The van der Waals surface area contributed by atoms with Crippen molar-refractivity contribution >= 4 is 37.0 Å². The number of benzene rings is 2. The van der Waals surface area contributed by atoms with E-state index in [2.05, 4.69) is 4.99 Å². The molecule has 2 aliphatic rings. The molecule has 0 N–H and O–H groups in total. The van der Waals surface area contributed by atoms with Crippen molar-refractivity contribution in [1.82, 2.24) is 4.90 Å². The van der Waals surface area contributed by atoms with E-state index in [0.29, 0.717) is 13.1 Å². The Labute approximate surface area is 233 Å². The van der Waals surface area contributed by atoms with Gasteiger partial charge in [0, 0.05) is 36.8 Å². The monoisotopic (exact) mass is 589 g/mol. The van der Waals surface area contributed by atoms with Crippen LogP contribution in [-0.2, 0) is 35.8 Å². The van der Waals surface area contributed by atoms with E-state index in [1.165, 1.54) is 31.2 Å². The Morgan fingerprint density at radius 3 is 2.52 bits per heavy atom. The number of nitro groups is 1. The van der Waals surface area contributed by atoms with Gasteiger partial charge in [-0.3, -0.25) is 20.0 Å². The molecule has 2 aromatic rings. The number of sulfone groups is 2. The summed E-state index contributed by atoms with van der Waals surface area (Å²) in [5.74, 6) is -3.32. The van der Waals surface area contributed by atoms with Gasteiger partial charge >= 0.3 is 5.97 Å². The number of aliphatic imine (C=N–C) groups is 1. The fourth-order valence-electron chi connectivity index (χ4n) is 5.14. The van der Waals surface area contributed by atoms with Crippen LogP contribution in [0.1, 0.15) is 30.4 Å². The molecule has 2 aliphatic heterocycles. The van der Waals surface area contributed by atoms with E-state index >= 15 is 0 Å². The average Bonchev–Trinajstić information content (AvgIpc) is 2.87. The Morgan fingerprint density at radius 2 is 1.82 bits per heavy atom. The fourth-order valence-corrected chi connectivity index (χ4v) is 8.91. The van der Waals surface area contributed by atoms with Gasteiger partial charge < -0.3 is 4.74 Å². The summed E-state index contributed by atoms with van der Waals surface area (Å²) in [6.45, 7) is 2.51. The highest BCUT2D eigenvalue weighted by molar-refractivity contribution is 7.94. The molecule has 0 amide bonds. The molecule has 0 aromatic heterocycles. The normalized spacial score (nSPS) is 22.0. The fraction of sp³-hybridized carbons (Fsp3) is 0.407. The summed E-state index contributed by atoms with van der Waals surface area (Å²) in [7, 11) is -5.78. The molecule has 0 radical (unpaired) electrons. The number of hydrogen-bond acceptors (Lipinski definition) is 10. The van der Waals surface area contributed by atoms with E-state index in [0.717, 1.165) is 5.56 Å². The number of carbonyl (C=O) groups excluding carboxylic acids is 1. The molecule has 0 spiro atoms. The number of nitrogens with zero attached hydrogens (tertiary/aromatic N) is 3. The SMILES string of the molecule is CC1=C(C(=O)OCCN(C)Cc2ccccc2)C(c2cccc([N+](=O)[O-])c2)C2C(=N1)CS(=O)(=O)CCCS2(=O)=O. The lowest BCUT2D eigenvalue weighted by Crippen LogP contribution is -2.46. The van der Waals surface area contributed by atoms with Gasteiger partial charge in [-0.25, -0.2) is 21.6 Å². The van der Waals surface area contributed by atoms with Crippen LogP contribution in [0.3, 0.4) is 0 Å². The van der Waals surface area contributed by atoms with E-state index in [-0.39, 0.29) is 47.0 Å². The van der Waals surface area contributed by atoms with Crippen molar-refractivity contribution in [3.63, 3.8) is 0 Å². The molecular formula is C27H31N3O8S2. The van der Waals surface area contributed by atoms with Crippen LogP contribution in [0.2, 0.25) is 0 Å². The molecular weight excluding hydrogens is 558 g/mol. The molecule has 40 heavy (non-hydrogen) atoms. The molecule has 11 nitrogen and oxygen atoms in total. The lowest BCUT2D eigenvalue weighted by Gasteiger charge is -2.34. The summed E-state index contributed by atoms with van der Waals surface area (Å²) in [5, 5.41) is 10.0. The maximum Gasteiger partial charge on any atom is 0.336 e. The first-order chi connectivity index (χ1) is 18.9. The predicted octanol–water partition coefficient (Wildman–Crippen LogP) is 2.68. The van der Waals surface area contributed by atoms with Crippen LogP contribution in [0.4, 0.5) is 5.69 Å². The molecule has 13 heteroatoms. The first-order valence-corrected chi connectivity index (χ1v) is 16.3. The molecule has 2 unspecified atom stereocenters. The number of non-ortho nitro benzene ring substituents is 1. The number of likely N-dealkylation sites (N-methyl/N-ethyl adjacent to an activating group) is 1. The van der Waals surface area contributed by atoms with E-state index in [1.807, 2.05) is 42.3 Å². The zero-order chi connectivity index (χ0) is 29.1. The molecule has 1 saturated heterocycles. The van der Waals surface area contributed by atoms with Crippen molar-refractivity contribution in [3.05, 3.63) is 87.1 Å². The second-order valence-electron chi connectivity index (χ2n) is 10.0. The van der Waals surface area contributed by atoms with Gasteiger partial charge in [-0.1, -0.05) is 42.5 Å². The van der Waals surface area contributed by atoms with Crippen LogP contribution in [0.15, 0.2) is 70.9 Å². The molecule has 0 bridgehead atoms. The van der Waals surface area contributed by atoms with Gasteiger partial charge in [0.05, 0.1) is 33.5 Å². The summed E-state index contributed by atoms with van der Waals surface area (Å²) in [5.41, 5.74) is 0.968. The number of rotatable bonds is 8. The summed E-state index contributed by atoms with van der Waals surface area (Å²) < 4.78 is 58.0. The van der Waals surface area contributed by atoms with Gasteiger partial charge in [0.15, 0.2) is 19.7 Å². The molecule has 0 aliphatic carbocycles. The number of nitro benzene ring substituents is 1. The van der Waals surface area contributed by atoms with Crippen molar-refractivity contribution in [2.45, 2.75) is 31.1 Å². The van der Waals surface area contributed by atoms with E-state index in [4.69, 9.17) is 4.74 Å². The third-order valence-electron chi connectivity index (χ3n) is 6.94. The van der Waals surface area contributed by atoms with Crippen LogP contribution >= 0.6 is 0 Å². The average molecular weight is 590 g/mol. The highest BCUT2D eigenvalue weighted by Gasteiger charge is 2.47. The minimum Gasteiger partial charge on any atom is -0.461 e. The minimum absolute atomic E-state index is 0.00295. The van der Waals surface area contributed by atoms with Crippen molar-refractivity contribution in [2.24, 2.45) is 4.99 Å². The van der Waals surface area contributed by atoms with Crippen molar-refractivity contribution in [2.75, 3.05) is 37.5 Å². The maximum atomic E-state index is 13.6. The number of allylic oxidation sites excluding steroid dienone is 1. The predicted molar refractivity (Wildman–Crippen MR) is 151 cm³/mol. The smallest absolute Gasteiger partial charge is 0.336 e. The van der Waals surface area contributed by atoms with Gasteiger partial charge in [-0.05, 0) is 31.5 Å². The molecule has 4 rings (SSSR count). The number of hydrogen-bond donors (Lipinski definition) is 0. The van der Waals surface area contributed by atoms with Crippen LogP contribution < -0.4 is 0 Å². The lowest BCUT2D eigenvalue weighted by atomic mass is 9.83. The zero-order valence-corrected chi connectivity index (χ0v) is 23.9. The molecule has 0 saturated carbocycles. The molecule has 1 fully saturated rings. The second kappa shape index (κ2) is 12.0.